The third-order valence-electron chi connectivity index (χ3n) is 6.53. The van der Waals surface area contributed by atoms with Crippen LogP contribution in [-0.4, -0.2) is 29.4 Å². The quantitative estimate of drug-likeness (QED) is 0.346. The van der Waals surface area contributed by atoms with Gasteiger partial charge < -0.3 is 10.2 Å². The fourth-order valence-electron chi connectivity index (χ4n) is 4.60. The summed E-state index contributed by atoms with van der Waals surface area (Å²) in [4.78, 5) is 22.0. The highest BCUT2D eigenvalue weighted by atomic mass is 35.5. The number of alkyl halides is 3. The van der Waals surface area contributed by atoms with Gasteiger partial charge in [-0.15, -0.1) is 11.3 Å². The molecule has 0 bridgehead atoms. The number of aryl methyl sites for hydroxylation is 1. The van der Waals surface area contributed by atoms with Crippen LogP contribution < -0.4 is 5.32 Å². The number of carbonyl (C=O) groups excluding carboxylic acids is 1. The maximum absolute atomic E-state index is 13.7. The molecule has 1 amide bonds. The van der Waals surface area contributed by atoms with Crippen LogP contribution in [0.1, 0.15) is 57.1 Å². The van der Waals surface area contributed by atoms with Crippen molar-refractivity contribution in [3.63, 3.8) is 0 Å². The minimum atomic E-state index is -4.41. The molecule has 4 nitrogen and oxygen atoms in total. The molecule has 0 saturated heterocycles. The maximum atomic E-state index is 13.7. The van der Waals surface area contributed by atoms with E-state index in [0.29, 0.717) is 28.5 Å². The van der Waals surface area contributed by atoms with Gasteiger partial charge in [-0.1, -0.05) is 43.6 Å². The summed E-state index contributed by atoms with van der Waals surface area (Å²) in [5.41, 5.74) is 1.74. The second kappa shape index (κ2) is 10.4. The number of anilines is 1. The molecule has 4 rings (SSSR count). The molecule has 1 N–H and O–H groups in total. The number of thiophene rings is 1. The number of halogens is 4. The summed E-state index contributed by atoms with van der Waals surface area (Å²) in [6.45, 7) is 5.16. The monoisotopic (exact) mass is 535 g/mol. The number of aromatic nitrogens is 1. The number of nitrogens with one attached hydrogen (secondary N) is 1. The van der Waals surface area contributed by atoms with Crippen molar-refractivity contribution in [3.05, 3.63) is 79.6 Å². The number of pyridine rings is 1. The van der Waals surface area contributed by atoms with Crippen LogP contribution in [-0.2, 0) is 32.0 Å². The molecule has 0 aliphatic heterocycles. The van der Waals surface area contributed by atoms with Crippen LogP contribution >= 0.6 is 22.9 Å². The summed E-state index contributed by atoms with van der Waals surface area (Å²) in [6, 6.07) is 9.02. The average molecular weight is 536 g/mol. The zero-order valence-electron chi connectivity index (χ0n) is 20.5. The first-order chi connectivity index (χ1) is 16.9. The molecule has 0 unspecified atom stereocenters. The Morgan fingerprint density at radius 2 is 2.03 bits per heavy atom. The van der Waals surface area contributed by atoms with Gasteiger partial charge in [-0.2, -0.15) is 13.2 Å². The number of nitrogens with zero attached hydrogens (tertiary/aromatic N) is 2. The molecule has 1 aliphatic carbocycles. The minimum Gasteiger partial charge on any atom is -0.372 e. The molecule has 9 heteroatoms. The Morgan fingerprint density at radius 1 is 1.25 bits per heavy atom. The van der Waals surface area contributed by atoms with E-state index in [2.05, 4.69) is 30.2 Å². The number of amides is 1. The number of benzene rings is 1. The highest BCUT2D eigenvalue weighted by molar-refractivity contribution is 7.12. The van der Waals surface area contributed by atoms with Gasteiger partial charge in [0.2, 0.25) is 0 Å². The van der Waals surface area contributed by atoms with Crippen LogP contribution in [0.2, 0.25) is 5.02 Å². The normalized spacial score (nSPS) is 14.9. The summed E-state index contributed by atoms with van der Waals surface area (Å²) in [5, 5.41) is 3.27. The Hall–Kier alpha value is -2.58. The first-order valence-electron chi connectivity index (χ1n) is 11.8. The van der Waals surface area contributed by atoms with E-state index in [9.17, 15) is 18.0 Å². The Labute approximate surface area is 218 Å². The zero-order valence-corrected chi connectivity index (χ0v) is 22.1. The fourth-order valence-corrected chi connectivity index (χ4v) is 5.96. The molecular formula is C27H29ClF3N3OS. The second-order valence-corrected chi connectivity index (χ2v) is 11.6. The molecule has 0 fully saturated rings. The van der Waals surface area contributed by atoms with Crippen LogP contribution in [0.5, 0.6) is 0 Å². The number of rotatable bonds is 7. The molecule has 0 radical (unpaired) electrons. The summed E-state index contributed by atoms with van der Waals surface area (Å²) >= 11 is 7.86. The summed E-state index contributed by atoms with van der Waals surface area (Å²) < 4.78 is 39.6. The molecule has 2 aromatic heterocycles. The zero-order chi connectivity index (χ0) is 26.1. The van der Waals surface area contributed by atoms with Gasteiger partial charge in [0.05, 0.1) is 22.7 Å². The Bertz CT molecular complexity index is 1260. The molecule has 36 heavy (non-hydrogen) atoms. The molecular weight excluding hydrogens is 507 g/mol. The summed E-state index contributed by atoms with van der Waals surface area (Å²) in [5.74, 6) is 0.133. The van der Waals surface area contributed by atoms with Crippen molar-refractivity contribution in [2.45, 2.75) is 52.3 Å². The van der Waals surface area contributed by atoms with Gasteiger partial charge in [-0.25, -0.2) is 4.98 Å². The predicted octanol–water partition coefficient (Wildman–Crippen LogP) is 7.26. The van der Waals surface area contributed by atoms with Gasteiger partial charge in [0.25, 0.3) is 5.91 Å². The lowest BCUT2D eigenvalue weighted by Gasteiger charge is -2.29. The van der Waals surface area contributed by atoms with Crippen LogP contribution in [0.25, 0.3) is 0 Å². The molecule has 0 saturated carbocycles. The third kappa shape index (κ3) is 6.21. The van der Waals surface area contributed by atoms with E-state index in [4.69, 9.17) is 11.6 Å². The highest BCUT2D eigenvalue weighted by Crippen LogP contribution is 2.39. The number of hydrogen-bond donors (Lipinski definition) is 1. The summed E-state index contributed by atoms with van der Waals surface area (Å²) in [7, 11) is 1.68. The predicted molar refractivity (Wildman–Crippen MR) is 139 cm³/mol. The van der Waals surface area contributed by atoms with Crippen LogP contribution in [0.15, 0.2) is 42.6 Å². The van der Waals surface area contributed by atoms with Crippen LogP contribution in [0, 0.1) is 5.41 Å². The highest BCUT2D eigenvalue weighted by Gasteiger charge is 2.31. The van der Waals surface area contributed by atoms with Crippen LogP contribution in [0.3, 0.4) is 0 Å². The molecule has 3 aromatic rings. The Morgan fingerprint density at radius 3 is 2.75 bits per heavy atom. The number of carbonyl (C=O) groups is 1. The van der Waals surface area contributed by atoms with E-state index in [1.807, 2.05) is 0 Å². The lowest BCUT2D eigenvalue weighted by atomic mass is 9.77. The standard InChI is InChI=1S/C27H29ClF3N3OS/c1-26(2)9-7-23-18(14-26)12-21(36-23)16-34(25(35)22-13-20(28)15-33-24(22)32-3)10-8-17-5-4-6-19(11-17)27(29,30)31/h4-6,11-13,15H,7-10,14,16H2,1-3H3,(H,32,33). The number of fused-ring (bicyclic) bond motifs is 1. The van der Waals surface area contributed by atoms with E-state index in [1.165, 1.54) is 22.7 Å². The van der Waals surface area contributed by atoms with E-state index >= 15 is 0 Å². The maximum Gasteiger partial charge on any atom is 0.416 e. The van der Waals surface area contributed by atoms with Crippen molar-refractivity contribution in [3.8, 4) is 0 Å². The van der Waals surface area contributed by atoms with Crippen molar-refractivity contribution in [1.82, 2.24) is 9.88 Å². The Kier molecular flexibility index (Phi) is 7.67. The SMILES string of the molecule is CNc1ncc(Cl)cc1C(=O)N(CCc1cccc(C(F)(F)F)c1)Cc1cc2c(s1)CCC(C)(C)C2. The molecule has 1 aliphatic rings. The lowest BCUT2D eigenvalue weighted by molar-refractivity contribution is -0.137. The van der Waals surface area contributed by atoms with Crippen molar-refractivity contribution in [2.75, 3.05) is 18.9 Å². The van der Waals surface area contributed by atoms with E-state index in [-0.39, 0.29) is 24.3 Å². The first kappa shape index (κ1) is 26.5. The summed E-state index contributed by atoms with van der Waals surface area (Å²) in [6.07, 6.45) is 0.483. The van der Waals surface area contributed by atoms with Gasteiger partial charge in [-0.3, -0.25) is 4.79 Å². The average Bonchev–Trinajstić information content (AvgIpc) is 3.21. The fraction of sp³-hybridized carbons (Fsp3) is 0.407. The number of hydrogen-bond acceptors (Lipinski definition) is 4. The van der Waals surface area contributed by atoms with Gasteiger partial charge in [-0.05, 0) is 60.4 Å². The van der Waals surface area contributed by atoms with Gasteiger partial charge in [0.1, 0.15) is 5.82 Å². The van der Waals surface area contributed by atoms with Crippen molar-refractivity contribution in [2.24, 2.45) is 5.41 Å². The third-order valence-corrected chi connectivity index (χ3v) is 7.95. The Balaban J connectivity index is 1.61. The van der Waals surface area contributed by atoms with Crippen molar-refractivity contribution < 1.29 is 18.0 Å². The van der Waals surface area contributed by atoms with E-state index in [0.717, 1.165) is 36.3 Å². The smallest absolute Gasteiger partial charge is 0.372 e. The van der Waals surface area contributed by atoms with Crippen LogP contribution in [0.4, 0.5) is 19.0 Å². The molecule has 192 valence electrons. The van der Waals surface area contributed by atoms with Gasteiger partial charge in [0.15, 0.2) is 0 Å². The second-order valence-electron chi connectivity index (χ2n) is 9.98. The largest absolute Gasteiger partial charge is 0.416 e. The first-order valence-corrected chi connectivity index (χ1v) is 13.0. The molecule has 0 spiro atoms. The topological polar surface area (TPSA) is 45.2 Å². The molecule has 0 atom stereocenters. The van der Waals surface area contributed by atoms with E-state index in [1.54, 1.807) is 35.4 Å². The molecule has 2 heterocycles. The van der Waals surface area contributed by atoms with E-state index < -0.39 is 11.7 Å². The van der Waals surface area contributed by atoms with Gasteiger partial charge >= 0.3 is 6.18 Å². The van der Waals surface area contributed by atoms with Crippen molar-refractivity contribution >= 4 is 34.7 Å². The molecule has 1 aromatic carbocycles. The van der Waals surface area contributed by atoms with Gasteiger partial charge in [0, 0.05) is 29.5 Å². The lowest BCUT2D eigenvalue weighted by Crippen LogP contribution is -2.33. The minimum absolute atomic E-state index is 0.249. The van der Waals surface area contributed by atoms with Crippen molar-refractivity contribution in [1.29, 1.82) is 0 Å².